The van der Waals surface area contributed by atoms with Crippen molar-refractivity contribution < 1.29 is 23.5 Å². The van der Waals surface area contributed by atoms with Crippen LogP contribution in [0.15, 0.2) is 77.2 Å². The lowest BCUT2D eigenvalue weighted by Crippen LogP contribution is -2.26. The Balaban J connectivity index is 1.74. The van der Waals surface area contributed by atoms with Crippen molar-refractivity contribution in [1.29, 1.82) is 0 Å². The average molecular weight is 536 g/mol. The summed E-state index contributed by atoms with van der Waals surface area (Å²) in [5.74, 6) is -0.695. The molecule has 2 atom stereocenters. The van der Waals surface area contributed by atoms with E-state index in [1.807, 2.05) is 94.4 Å². The zero-order chi connectivity index (χ0) is 28.4. The van der Waals surface area contributed by atoms with Gasteiger partial charge in [0, 0.05) is 16.5 Å². The van der Waals surface area contributed by atoms with Crippen LogP contribution in [-0.4, -0.2) is 23.3 Å². The van der Waals surface area contributed by atoms with Crippen molar-refractivity contribution in [2.24, 2.45) is 5.92 Å². The smallest absolute Gasteiger partial charge is 0.316 e. The summed E-state index contributed by atoms with van der Waals surface area (Å²) in [5, 5.41) is 1.56. The van der Waals surface area contributed by atoms with Crippen molar-refractivity contribution in [3.05, 3.63) is 95.1 Å². The fourth-order valence-corrected chi connectivity index (χ4v) is 5.14. The summed E-state index contributed by atoms with van der Waals surface area (Å²) in [6.07, 6.45) is 0.0301. The Labute approximate surface area is 233 Å². The molecule has 0 bridgehead atoms. The Hall–Kier alpha value is -4.45. The average Bonchev–Trinajstić information content (AvgIpc) is 3.31. The van der Waals surface area contributed by atoms with Crippen molar-refractivity contribution >= 4 is 33.6 Å². The predicted molar refractivity (Wildman–Crippen MR) is 157 cm³/mol. The highest BCUT2D eigenvalue weighted by Gasteiger charge is 2.31. The van der Waals surface area contributed by atoms with Crippen LogP contribution in [0.1, 0.15) is 60.3 Å². The molecule has 40 heavy (non-hydrogen) atoms. The number of ether oxygens (including phenoxy) is 2. The topological polar surface area (TPSA) is 78.6 Å². The number of carbonyl (C=O) groups is 2. The van der Waals surface area contributed by atoms with E-state index in [0.717, 1.165) is 27.7 Å². The standard InChI is InChI=1S/C34H33NO5/c1-6-24(34(37)38-7-2)32(36)26-19-27(33-21(4)25-15-11-12-16-28(25)40-33)35-31-20(3)17-18-29(30(26)31)39-22(5)23-13-9-8-10-14-23/h8-19,22,24H,6-7H2,1-5H3. The molecule has 0 saturated heterocycles. The van der Waals surface area contributed by atoms with Gasteiger partial charge in [-0.1, -0.05) is 61.5 Å². The number of hydrogen-bond acceptors (Lipinski definition) is 6. The number of ketones is 1. The molecule has 0 aliphatic rings. The summed E-state index contributed by atoms with van der Waals surface area (Å²) in [5.41, 5.74) is 5.07. The minimum Gasteiger partial charge on any atom is -0.485 e. The fraction of sp³-hybridized carbons (Fsp3) is 0.265. The second kappa shape index (κ2) is 11.3. The van der Waals surface area contributed by atoms with Crippen LogP contribution in [-0.2, 0) is 9.53 Å². The normalized spacial score (nSPS) is 12.8. The summed E-state index contributed by atoms with van der Waals surface area (Å²) in [6, 6.07) is 23.2. The summed E-state index contributed by atoms with van der Waals surface area (Å²) < 4.78 is 18.0. The molecule has 5 rings (SSSR count). The van der Waals surface area contributed by atoms with Crippen LogP contribution in [0.25, 0.3) is 33.3 Å². The Morgan fingerprint density at radius 1 is 0.950 bits per heavy atom. The number of para-hydroxylation sites is 1. The zero-order valence-corrected chi connectivity index (χ0v) is 23.5. The summed E-state index contributed by atoms with van der Waals surface area (Å²) in [6.45, 7) is 9.65. The van der Waals surface area contributed by atoms with Gasteiger partial charge < -0.3 is 13.9 Å². The number of rotatable bonds is 9. The van der Waals surface area contributed by atoms with Crippen LogP contribution in [0.2, 0.25) is 0 Å². The number of fused-ring (bicyclic) bond motifs is 2. The molecular weight excluding hydrogens is 502 g/mol. The Morgan fingerprint density at radius 2 is 1.68 bits per heavy atom. The quantitative estimate of drug-likeness (QED) is 0.108. The van der Waals surface area contributed by atoms with E-state index < -0.39 is 11.9 Å². The molecule has 0 radical (unpaired) electrons. The number of Topliss-reactive ketones (excluding diaryl/α,β-unsaturated/α-hetero) is 1. The third-order valence-corrected chi connectivity index (χ3v) is 7.33. The van der Waals surface area contributed by atoms with Crippen molar-refractivity contribution in [2.45, 2.75) is 47.1 Å². The SMILES string of the molecule is CCOC(=O)C(CC)C(=O)c1cc(-c2oc3ccccc3c2C)nc2c(C)ccc(OC(C)c3ccccc3)c12. The first kappa shape index (κ1) is 27.1. The highest BCUT2D eigenvalue weighted by molar-refractivity contribution is 6.17. The highest BCUT2D eigenvalue weighted by Crippen LogP contribution is 2.39. The van der Waals surface area contributed by atoms with Gasteiger partial charge >= 0.3 is 5.97 Å². The number of esters is 1. The van der Waals surface area contributed by atoms with Crippen molar-refractivity contribution in [3.63, 3.8) is 0 Å². The lowest BCUT2D eigenvalue weighted by atomic mass is 9.91. The van der Waals surface area contributed by atoms with E-state index in [1.165, 1.54) is 0 Å². The van der Waals surface area contributed by atoms with Crippen LogP contribution in [0.4, 0.5) is 0 Å². The summed E-state index contributed by atoms with van der Waals surface area (Å²) >= 11 is 0. The maximum atomic E-state index is 14.2. The maximum absolute atomic E-state index is 14.2. The molecule has 2 unspecified atom stereocenters. The van der Waals surface area contributed by atoms with Crippen molar-refractivity contribution in [3.8, 4) is 17.2 Å². The molecule has 2 heterocycles. The van der Waals surface area contributed by atoms with Crippen LogP contribution >= 0.6 is 0 Å². The van der Waals surface area contributed by atoms with Gasteiger partial charge in [-0.15, -0.1) is 0 Å². The Bertz CT molecular complexity index is 1700. The molecule has 3 aromatic carbocycles. The number of carbonyl (C=O) groups excluding carboxylic acids is 2. The number of benzene rings is 3. The van der Waals surface area contributed by atoms with E-state index in [4.69, 9.17) is 18.9 Å². The number of aromatic nitrogens is 1. The van der Waals surface area contributed by atoms with Crippen molar-refractivity contribution in [1.82, 2.24) is 4.98 Å². The van der Waals surface area contributed by atoms with Crippen molar-refractivity contribution in [2.75, 3.05) is 6.61 Å². The molecule has 0 N–H and O–H groups in total. The fourth-order valence-electron chi connectivity index (χ4n) is 5.14. The van der Waals surface area contributed by atoms with E-state index in [-0.39, 0.29) is 18.5 Å². The first-order valence-electron chi connectivity index (χ1n) is 13.7. The number of pyridine rings is 1. The molecule has 0 amide bonds. The number of hydrogen-bond donors (Lipinski definition) is 0. The minimum absolute atomic E-state index is 0.200. The second-order valence-electron chi connectivity index (χ2n) is 9.96. The molecular formula is C34H33NO5. The molecule has 2 aromatic heterocycles. The third-order valence-electron chi connectivity index (χ3n) is 7.33. The predicted octanol–water partition coefficient (Wildman–Crippen LogP) is 8.18. The van der Waals surface area contributed by atoms with Crippen LogP contribution < -0.4 is 4.74 Å². The maximum Gasteiger partial charge on any atom is 0.316 e. The second-order valence-corrected chi connectivity index (χ2v) is 9.96. The van der Waals surface area contributed by atoms with Gasteiger partial charge in [-0.2, -0.15) is 0 Å². The first-order valence-corrected chi connectivity index (χ1v) is 13.7. The molecule has 5 aromatic rings. The molecule has 6 heteroatoms. The number of nitrogens with zero attached hydrogens (tertiary/aromatic N) is 1. The molecule has 6 nitrogen and oxygen atoms in total. The van der Waals surface area contributed by atoms with Gasteiger partial charge in [0.2, 0.25) is 0 Å². The van der Waals surface area contributed by atoms with E-state index in [2.05, 4.69) is 0 Å². The molecule has 0 aliphatic carbocycles. The molecule has 0 aliphatic heterocycles. The van der Waals surface area contributed by atoms with Gasteiger partial charge in [0.15, 0.2) is 11.5 Å². The first-order chi connectivity index (χ1) is 19.3. The van der Waals surface area contributed by atoms with Crippen LogP contribution in [0.5, 0.6) is 5.75 Å². The highest BCUT2D eigenvalue weighted by atomic mass is 16.5. The van der Waals surface area contributed by atoms with Crippen LogP contribution in [0.3, 0.4) is 0 Å². The lowest BCUT2D eigenvalue weighted by molar-refractivity contribution is -0.146. The Morgan fingerprint density at radius 3 is 2.38 bits per heavy atom. The van der Waals surface area contributed by atoms with Gasteiger partial charge in [0.1, 0.15) is 29.0 Å². The molecule has 0 spiro atoms. The van der Waals surface area contributed by atoms with Gasteiger partial charge in [0.25, 0.3) is 0 Å². The summed E-state index contributed by atoms with van der Waals surface area (Å²) in [7, 11) is 0. The molecule has 0 saturated carbocycles. The van der Waals surface area contributed by atoms with Gasteiger partial charge in [-0.3, -0.25) is 9.59 Å². The third kappa shape index (κ3) is 4.97. The van der Waals surface area contributed by atoms with E-state index in [9.17, 15) is 9.59 Å². The van der Waals surface area contributed by atoms with Gasteiger partial charge in [-0.05, 0) is 63.4 Å². The van der Waals surface area contributed by atoms with Crippen LogP contribution in [0, 0.1) is 19.8 Å². The van der Waals surface area contributed by atoms with E-state index in [1.54, 1.807) is 13.0 Å². The minimum atomic E-state index is -0.949. The Kier molecular flexibility index (Phi) is 7.69. The van der Waals surface area contributed by atoms with E-state index >= 15 is 0 Å². The number of furan rings is 1. The van der Waals surface area contributed by atoms with E-state index in [0.29, 0.717) is 40.1 Å². The van der Waals surface area contributed by atoms with Gasteiger partial charge in [0.05, 0.1) is 17.5 Å². The van der Waals surface area contributed by atoms with Gasteiger partial charge in [-0.25, -0.2) is 4.98 Å². The lowest BCUT2D eigenvalue weighted by Gasteiger charge is -2.20. The molecule has 204 valence electrons. The molecule has 0 fully saturated rings. The zero-order valence-electron chi connectivity index (χ0n) is 23.5. The number of aryl methyl sites for hydroxylation is 2. The monoisotopic (exact) mass is 535 g/mol. The summed E-state index contributed by atoms with van der Waals surface area (Å²) in [4.78, 5) is 32.0. The largest absolute Gasteiger partial charge is 0.485 e.